The minimum absolute atomic E-state index is 0.659. The van der Waals surface area contributed by atoms with Gasteiger partial charge in [0.05, 0.1) is 0 Å². The molecule has 1 aromatic carbocycles. The largest absolute Gasteiger partial charge is 0.357 e. The fourth-order valence-corrected chi connectivity index (χ4v) is 3.02. The first-order valence-corrected chi connectivity index (χ1v) is 7.26. The molecule has 19 heavy (non-hydrogen) atoms. The third-order valence-corrected chi connectivity index (χ3v) is 3.98. The molecule has 0 amide bonds. The highest BCUT2D eigenvalue weighted by Gasteiger charge is 2.28. The monoisotopic (exact) mass is 259 g/mol. The maximum Gasteiger partial charge on any atom is 0.193 e. The summed E-state index contributed by atoms with van der Waals surface area (Å²) in [4.78, 5) is 6.75. The standard InChI is InChI=1S/C16H25N3/c1-4-18-16(17-3)19-11-10-15(13(2)12-19)14-8-6-5-7-9-14/h5-9,13,15H,4,10-12H2,1-3H3,(H,17,18). The molecule has 1 heterocycles. The number of rotatable bonds is 2. The van der Waals surface area contributed by atoms with Gasteiger partial charge in [0.25, 0.3) is 0 Å². The molecule has 0 spiro atoms. The van der Waals surface area contributed by atoms with Crippen LogP contribution in [-0.4, -0.2) is 37.5 Å². The number of benzene rings is 1. The summed E-state index contributed by atoms with van der Waals surface area (Å²) in [6, 6.07) is 10.9. The van der Waals surface area contributed by atoms with Crippen LogP contribution in [0.1, 0.15) is 31.7 Å². The maximum absolute atomic E-state index is 4.37. The van der Waals surface area contributed by atoms with Crippen LogP contribution in [0, 0.1) is 5.92 Å². The summed E-state index contributed by atoms with van der Waals surface area (Å²) in [5.41, 5.74) is 1.48. The van der Waals surface area contributed by atoms with Crippen molar-refractivity contribution in [2.45, 2.75) is 26.2 Å². The van der Waals surface area contributed by atoms with Crippen molar-refractivity contribution in [2.75, 3.05) is 26.7 Å². The number of likely N-dealkylation sites (tertiary alicyclic amines) is 1. The van der Waals surface area contributed by atoms with E-state index in [0.29, 0.717) is 11.8 Å². The van der Waals surface area contributed by atoms with E-state index in [1.165, 1.54) is 12.0 Å². The van der Waals surface area contributed by atoms with Crippen LogP contribution < -0.4 is 5.32 Å². The van der Waals surface area contributed by atoms with Gasteiger partial charge in [-0.3, -0.25) is 4.99 Å². The molecular weight excluding hydrogens is 234 g/mol. The van der Waals surface area contributed by atoms with E-state index in [-0.39, 0.29) is 0 Å². The molecule has 104 valence electrons. The van der Waals surface area contributed by atoms with E-state index in [4.69, 9.17) is 0 Å². The van der Waals surface area contributed by atoms with Gasteiger partial charge in [-0.1, -0.05) is 37.3 Å². The molecule has 3 heteroatoms. The van der Waals surface area contributed by atoms with Gasteiger partial charge in [0, 0.05) is 26.7 Å². The predicted molar refractivity (Wildman–Crippen MR) is 81.6 cm³/mol. The molecule has 1 aliphatic rings. The Morgan fingerprint density at radius 1 is 1.37 bits per heavy atom. The zero-order valence-corrected chi connectivity index (χ0v) is 12.3. The highest BCUT2D eigenvalue weighted by atomic mass is 15.3. The number of hydrogen-bond donors (Lipinski definition) is 1. The second kappa shape index (κ2) is 6.60. The van der Waals surface area contributed by atoms with E-state index in [2.05, 4.69) is 59.4 Å². The van der Waals surface area contributed by atoms with Crippen LogP contribution in [0.2, 0.25) is 0 Å². The second-order valence-electron chi connectivity index (χ2n) is 5.31. The van der Waals surface area contributed by atoms with Gasteiger partial charge in [-0.25, -0.2) is 0 Å². The molecule has 2 atom stereocenters. The van der Waals surface area contributed by atoms with Gasteiger partial charge in [-0.2, -0.15) is 0 Å². The molecular formula is C16H25N3. The van der Waals surface area contributed by atoms with E-state index >= 15 is 0 Å². The Hall–Kier alpha value is -1.51. The van der Waals surface area contributed by atoms with Gasteiger partial charge in [-0.05, 0) is 30.7 Å². The highest BCUT2D eigenvalue weighted by molar-refractivity contribution is 5.79. The van der Waals surface area contributed by atoms with Crippen LogP contribution >= 0.6 is 0 Å². The Morgan fingerprint density at radius 3 is 2.68 bits per heavy atom. The average molecular weight is 259 g/mol. The molecule has 0 bridgehead atoms. The number of guanidine groups is 1. The lowest BCUT2D eigenvalue weighted by Gasteiger charge is -2.38. The lowest BCUT2D eigenvalue weighted by atomic mass is 9.82. The third kappa shape index (κ3) is 3.28. The first-order chi connectivity index (χ1) is 9.26. The van der Waals surface area contributed by atoms with Crippen LogP contribution in [0.15, 0.2) is 35.3 Å². The normalized spacial score (nSPS) is 24.4. The van der Waals surface area contributed by atoms with Crippen LogP contribution in [0.25, 0.3) is 0 Å². The molecule has 2 rings (SSSR count). The van der Waals surface area contributed by atoms with Crippen molar-refractivity contribution < 1.29 is 0 Å². The summed E-state index contributed by atoms with van der Waals surface area (Å²) in [6.07, 6.45) is 1.20. The molecule has 2 unspecified atom stereocenters. The summed E-state index contributed by atoms with van der Waals surface area (Å²) in [5, 5.41) is 3.35. The van der Waals surface area contributed by atoms with E-state index in [1.54, 1.807) is 0 Å². The third-order valence-electron chi connectivity index (χ3n) is 3.98. The molecule has 0 saturated carbocycles. The van der Waals surface area contributed by atoms with Gasteiger partial charge in [-0.15, -0.1) is 0 Å². The zero-order chi connectivity index (χ0) is 13.7. The molecule has 1 N–H and O–H groups in total. The lowest BCUT2D eigenvalue weighted by Crippen LogP contribution is -2.47. The molecule has 0 aliphatic carbocycles. The smallest absolute Gasteiger partial charge is 0.193 e. The topological polar surface area (TPSA) is 27.6 Å². The van der Waals surface area contributed by atoms with Crippen molar-refractivity contribution in [2.24, 2.45) is 10.9 Å². The van der Waals surface area contributed by atoms with Crippen molar-refractivity contribution in [1.82, 2.24) is 10.2 Å². The summed E-state index contributed by atoms with van der Waals surface area (Å²) >= 11 is 0. The van der Waals surface area contributed by atoms with E-state index in [0.717, 1.165) is 25.6 Å². The maximum atomic E-state index is 4.37. The SMILES string of the molecule is CCNC(=NC)N1CCC(c2ccccc2)C(C)C1. The Balaban J connectivity index is 2.02. The molecule has 1 saturated heterocycles. The number of hydrogen-bond acceptors (Lipinski definition) is 1. The van der Waals surface area contributed by atoms with Crippen molar-refractivity contribution >= 4 is 5.96 Å². The number of piperidine rings is 1. The van der Waals surface area contributed by atoms with Gasteiger partial charge in [0.1, 0.15) is 0 Å². The molecule has 0 aromatic heterocycles. The van der Waals surface area contributed by atoms with Gasteiger partial charge in [0.2, 0.25) is 0 Å². The minimum Gasteiger partial charge on any atom is -0.357 e. The van der Waals surface area contributed by atoms with Crippen LogP contribution in [0.3, 0.4) is 0 Å². The first kappa shape index (κ1) is 13.9. The van der Waals surface area contributed by atoms with Crippen LogP contribution in [0.5, 0.6) is 0 Å². The minimum atomic E-state index is 0.659. The summed E-state index contributed by atoms with van der Waals surface area (Å²) < 4.78 is 0. The van der Waals surface area contributed by atoms with Crippen molar-refractivity contribution in [3.63, 3.8) is 0 Å². The van der Waals surface area contributed by atoms with Gasteiger partial charge < -0.3 is 10.2 Å². The Kier molecular flexibility index (Phi) is 4.83. The number of aliphatic imine (C=N–C) groups is 1. The fourth-order valence-electron chi connectivity index (χ4n) is 3.02. The Labute approximate surface area is 116 Å². The van der Waals surface area contributed by atoms with Crippen LogP contribution in [-0.2, 0) is 0 Å². The Morgan fingerprint density at radius 2 is 2.11 bits per heavy atom. The second-order valence-corrected chi connectivity index (χ2v) is 5.31. The first-order valence-electron chi connectivity index (χ1n) is 7.26. The lowest BCUT2D eigenvalue weighted by molar-refractivity contribution is 0.235. The summed E-state index contributed by atoms with van der Waals surface area (Å²) in [5.74, 6) is 2.38. The van der Waals surface area contributed by atoms with Crippen molar-refractivity contribution in [3.8, 4) is 0 Å². The van der Waals surface area contributed by atoms with Crippen LogP contribution in [0.4, 0.5) is 0 Å². The van der Waals surface area contributed by atoms with Gasteiger partial charge in [0.15, 0.2) is 5.96 Å². The highest BCUT2D eigenvalue weighted by Crippen LogP contribution is 2.32. The average Bonchev–Trinajstić information content (AvgIpc) is 2.45. The fraction of sp³-hybridized carbons (Fsp3) is 0.562. The van der Waals surface area contributed by atoms with E-state index < -0.39 is 0 Å². The predicted octanol–water partition coefficient (Wildman–Crippen LogP) is 2.71. The summed E-state index contributed by atoms with van der Waals surface area (Å²) in [6.45, 7) is 7.57. The molecule has 1 fully saturated rings. The van der Waals surface area contributed by atoms with E-state index in [1.807, 2.05) is 7.05 Å². The molecule has 1 aliphatic heterocycles. The quantitative estimate of drug-likeness (QED) is 0.653. The van der Waals surface area contributed by atoms with Gasteiger partial charge >= 0.3 is 0 Å². The number of nitrogens with one attached hydrogen (secondary N) is 1. The van der Waals surface area contributed by atoms with E-state index in [9.17, 15) is 0 Å². The number of nitrogens with zero attached hydrogens (tertiary/aromatic N) is 2. The van der Waals surface area contributed by atoms with Crippen molar-refractivity contribution in [3.05, 3.63) is 35.9 Å². The Bertz CT molecular complexity index is 413. The molecule has 3 nitrogen and oxygen atoms in total. The zero-order valence-electron chi connectivity index (χ0n) is 12.3. The molecule has 0 radical (unpaired) electrons. The molecule has 1 aromatic rings. The summed E-state index contributed by atoms with van der Waals surface area (Å²) in [7, 11) is 1.87. The van der Waals surface area contributed by atoms with Crippen molar-refractivity contribution in [1.29, 1.82) is 0 Å².